The van der Waals surface area contributed by atoms with Crippen LogP contribution in [0.4, 0.5) is 0 Å². The molecule has 1 aliphatic carbocycles. The van der Waals surface area contributed by atoms with Crippen molar-refractivity contribution in [2.75, 3.05) is 13.1 Å². The largest absolute Gasteiger partial charge is 0.508 e. The van der Waals surface area contributed by atoms with Crippen molar-refractivity contribution in [1.82, 2.24) is 10.6 Å². The smallest absolute Gasteiger partial charge is 0.191 e. The summed E-state index contributed by atoms with van der Waals surface area (Å²) in [6.07, 6.45) is 2.68. The van der Waals surface area contributed by atoms with Gasteiger partial charge in [-0.3, -0.25) is 0 Å². The van der Waals surface area contributed by atoms with Crippen molar-refractivity contribution in [2.45, 2.75) is 26.3 Å². The number of nitrogens with zero attached hydrogens (tertiary/aromatic N) is 1. The number of guanidine groups is 1. The van der Waals surface area contributed by atoms with E-state index in [1.54, 1.807) is 12.1 Å². The highest BCUT2D eigenvalue weighted by Gasteiger charge is 2.20. The van der Waals surface area contributed by atoms with E-state index >= 15 is 0 Å². The molecule has 0 radical (unpaired) electrons. The molecule has 4 nitrogen and oxygen atoms in total. The zero-order valence-corrected chi connectivity index (χ0v) is 13.6. The molecule has 0 atom stereocenters. The van der Waals surface area contributed by atoms with Crippen LogP contribution in [0.2, 0.25) is 0 Å². The van der Waals surface area contributed by atoms with Crippen molar-refractivity contribution in [1.29, 1.82) is 0 Å². The van der Waals surface area contributed by atoms with Crippen LogP contribution in [-0.4, -0.2) is 24.2 Å². The normalized spacial score (nSPS) is 14.7. The molecule has 0 aromatic heterocycles. The lowest BCUT2D eigenvalue weighted by Crippen LogP contribution is -2.38. The third-order valence-electron chi connectivity index (χ3n) is 2.96. The first kappa shape index (κ1) is 16.1. The molecule has 0 unspecified atom stereocenters. The molecule has 2 rings (SSSR count). The predicted octanol–water partition coefficient (Wildman–Crippen LogP) is 2.48. The van der Waals surface area contributed by atoms with Gasteiger partial charge < -0.3 is 15.7 Å². The Morgan fingerprint density at radius 2 is 1.95 bits per heavy atom. The maximum atomic E-state index is 9.21. The minimum atomic E-state index is 0. The van der Waals surface area contributed by atoms with Gasteiger partial charge in [0, 0.05) is 13.1 Å². The van der Waals surface area contributed by atoms with Crippen LogP contribution >= 0.6 is 24.0 Å². The van der Waals surface area contributed by atoms with E-state index in [4.69, 9.17) is 0 Å². The minimum Gasteiger partial charge on any atom is -0.508 e. The third-order valence-corrected chi connectivity index (χ3v) is 2.96. The highest BCUT2D eigenvalue weighted by molar-refractivity contribution is 14.0. The molecule has 0 spiro atoms. The van der Waals surface area contributed by atoms with Gasteiger partial charge in [0.15, 0.2) is 5.96 Å². The van der Waals surface area contributed by atoms with Crippen LogP contribution in [0.5, 0.6) is 5.75 Å². The van der Waals surface area contributed by atoms with Crippen molar-refractivity contribution in [3.63, 3.8) is 0 Å². The fraction of sp³-hybridized carbons (Fsp3) is 0.500. The number of hydrogen-bond donors (Lipinski definition) is 3. The summed E-state index contributed by atoms with van der Waals surface area (Å²) in [5.74, 6) is 2.00. The average molecular weight is 375 g/mol. The van der Waals surface area contributed by atoms with E-state index in [-0.39, 0.29) is 24.0 Å². The zero-order chi connectivity index (χ0) is 12.8. The molecular formula is C14H22IN3O. The number of nitrogens with one attached hydrogen (secondary N) is 2. The third kappa shape index (κ3) is 6.13. The molecule has 0 amide bonds. The lowest BCUT2D eigenvalue weighted by molar-refractivity contribution is 0.475. The molecule has 106 valence electrons. The number of hydrogen-bond acceptors (Lipinski definition) is 2. The van der Waals surface area contributed by atoms with E-state index in [0.29, 0.717) is 12.3 Å². The molecule has 5 heteroatoms. The summed E-state index contributed by atoms with van der Waals surface area (Å²) < 4.78 is 0. The van der Waals surface area contributed by atoms with Gasteiger partial charge >= 0.3 is 0 Å². The van der Waals surface area contributed by atoms with Gasteiger partial charge in [-0.05, 0) is 43.4 Å². The first-order valence-electron chi connectivity index (χ1n) is 6.58. The second-order valence-electron chi connectivity index (χ2n) is 4.69. The number of aliphatic imine (C=N–C) groups is 1. The fourth-order valence-electron chi connectivity index (χ4n) is 1.68. The van der Waals surface area contributed by atoms with Crippen molar-refractivity contribution < 1.29 is 5.11 Å². The quantitative estimate of drug-likeness (QED) is 0.421. The van der Waals surface area contributed by atoms with Crippen LogP contribution in [-0.2, 0) is 6.54 Å². The maximum absolute atomic E-state index is 9.21. The summed E-state index contributed by atoms with van der Waals surface area (Å²) in [6, 6.07) is 7.16. The number of rotatable bonds is 5. The van der Waals surface area contributed by atoms with Crippen LogP contribution in [0.1, 0.15) is 25.3 Å². The molecule has 1 aromatic carbocycles. The summed E-state index contributed by atoms with van der Waals surface area (Å²) >= 11 is 0. The second kappa shape index (κ2) is 8.24. The van der Waals surface area contributed by atoms with Crippen LogP contribution in [0.25, 0.3) is 0 Å². The first-order chi connectivity index (χ1) is 8.78. The minimum absolute atomic E-state index is 0. The summed E-state index contributed by atoms with van der Waals surface area (Å²) in [7, 11) is 0. The number of phenols is 1. The molecular weight excluding hydrogens is 353 g/mol. The highest BCUT2D eigenvalue weighted by atomic mass is 127. The van der Waals surface area contributed by atoms with Crippen molar-refractivity contribution in [2.24, 2.45) is 10.9 Å². The van der Waals surface area contributed by atoms with Gasteiger partial charge in [0.2, 0.25) is 0 Å². The van der Waals surface area contributed by atoms with E-state index in [0.717, 1.165) is 30.5 Å². The van der Waals surface area contributed by atoms with Gasteiger partial charge in [0.05, 0.1) is 6.54 Å². The van der Waals surface area contributed by atoms with Gasteiger partial charge in [-0.15, -0.1) is 24.0 Å². The number of halogens is 1. The predicted molar refractivity (Wildman–Crippen MR) is 89.1 cm³/mol. The molecule has 0 bridgehead atoms. The lowest BCUT2D eigenvalue weighted by Gasteiger charge is -2.10. The molecule has 3 N–H and O–H groups in total. The van der Waals surface area contributed by atoms with Gasteiger partial charge in [0.25, 0.3) is 0 Å². The molecule has 0 heterocycles. The summed E-state index contributed by atoms with van der Waals surface area (Å²) in [5, 5.41) is 15.8. The van der Waals surface area contributed by atoms with E-state index in [2.05, 4.69) is 22.5 Å². The number of aromatic hydroxyl groups is 1. The van der Waals surface area contributed by atoms with Gasteiger partial charge in [-0.2, -0.15) is 0 Å². The number of benzene rings is 1. The lowest BCUT2D eigenvalue weighted by atomic mass is 10.2. The van der Waals surface area contributed by atoms with Crippen LogP contribution < -0.4 is 10.6 Å². The number of phenolic OH excluding ortho intramolecular Hbond substituents is 1. The topological polar surface area (TPSA) is 56.7 Å². The Hall–Kier alpha value is -0.980. The Bertz CT molecular complexity index is 402. The summed E-state index contributed by atoms with van der Waals surface area (Å²) in [4.78, 5) is 4.53. The molecule has 1 aliphatic rings. The Labute approximate surface area is 131 Å². The highest BCUT2D eigenvalue weighted by Crippen LogP contribution is 2.27. The van der Waals surface area contributed by atoms with Gasteiger partial charge in [-0.1, -0.05) is 12.1 Å². The molecule has 0 aliphatic heterocycles. The Morgan fingerprint density at radius 1 is 1.26 bits per heavy atom. The second-order valence-corrected chi connectivity index (χ2v) is 4.69. The van der Waals surface area contributed by atoms with E-state index in [1.807, 2.05) is 12.1 Å². The average Bonchev–Trinajstić information content (AvgIpc) is 3.19. The standard InChI is InChI=1S/C14H21N3O.HI/c1-2-15-14(16-9-11-3-4-11)17-10-12-5-7-13(18)8-6-12;/h5-8,11,18H,2-4,9-10H2,1H3,(H2,15,16,17);1H. The fourth-order valence-corrected chi connectivity index (χ4v) is 1.68. The van der Waals surface area contributed by atoms with Crippen LogP contribution in [0.3, 0.4) is 0 Å². The molecule has 1 fully saturated rings. The van der Waals surface area contributed by atoms with E-state index < -0.39 is 0 Å². The zero-order valence-electron chi connectivity index (χ0n) is 11.2. The Morgan fingerprint density at radius 3 is 2.53 bits per heavy atom. The van der Waals surface area contributed by atoms with Gasteiger partial charge in [-0.25, -0.2) is 4.99 Å². The van der Waals surface area contributed by atoms with E-state index in [9.17, 15) is 5.11 Å². The van der Waals surface area contributed by atoms with E-state index in [1.165, 1.54) is 12.8 Å². The molecule has 1 aromatic rings. The van der Waals surface area contributed by atoms with Gasteiger partial charge in [0.1, 0.15) is 5.75 Å². The summed E-state index contributed by atoms with van der Waals surface area (Å²) in [6.45, 7) is 4.57. The van der Waals surface area contributed by atoms with Crippen molar-refractivity contribution >= 4 is 29.9 Å². The van der Waals surface area contributed by atoms with Crippen molar-refractivity contribution in [3.05, 3.63) is 29.8 Å². The SMILES string of the molecule is CCNC(=NCc1ccc(O)cc1)NCC1CC1.I. The molecule has 1 saturated carbocycles. The molecule has 0 saturated heterocycles. The van der Waals surface area contributed by atoms with Crippen molar-refractivity contribution in [3.8, 4) is 5.75 Å². The van der Waals surface area contributed by atoms with Crippen LogP contribution in [0, 0.1) is 5.92 Å². The Balaban J connectivity index is 0.00000180. The summed E-state index contributed by atoms with van der Waals surface area (Å²) in [5.41, 5.74) is 1.09. The Kier molecular flexibility index (Phi) is 6.97. The first-order valence-corrected chi connectivity index (χ1v) is 6.58. The van der Waals surface area contributed by atoms with Crippen LogP contribution in [0.15, 0.2) is 29.3 Å². The molecule has 19 heavy (non-hydrogen) atoms. The maximum Gasteiger partial charge on any atom is 0.191 e. The monoisotopic (exact) mass is 375 g/mol.